The molecule has 1 aromatic heterocycles. The summed E-state index contributed by atoms with van der Waals surface area (Å²) >= 11 is 5.11. The quantitative estimate of drug-likeness (QED) is 0.559. The predicted molar refractivity (Wildman–Crippen MR) is 52.8 cm³/mol. The molecule has 1 heterocycles. The van der Waals surface area contributed by atoms with Gasteiger partial charge in [0.25, 0.3) is 0 Å². The first-order valence-corrected chi connectivity index (χ1v) is 4.23. The maximum Gasteiger partial charge on any atom is 0.133 e. The van der Waals surface area contributed by atoms with Crippen LogP contribution in [0.15, 0.2) is 12.7 Å². The molecule has 0 aromatic carbocycles. The molecule has 0 aliphatic rings. The van der Waals surface area contributed by atoms with Crippen LogP contribution in [0.5, 0.6) is 0 Å². The van der Waals surface area contributed by atoms with Crippen molar-refractivity contribution in [3.8, 4) is 0 Å². The number of aromatic nitrogens is 2. The second kappa shape index (κ2) is 3.63. The second-order valence-electron chi connectivity index (χ2n) is 2.72. The van der Waals surface area contributed by atoms with E-state index >= 15 is 0 Å². The van der Waals surface area contributed by atoms with Crippen molar-refractivity contribution < 1.29 is 0 Å². The molecule has 0 bridgehead atoms. The van der Waals surface area contributed by atoms with Crippen LogP contribution in [0.2, 0.25) is 0 Å². The van der Waals surface area contributed by atoms with Gasteiger partial charge in [-0.25, -0.2) is 4.98 Å². The zero-order valence-electron chi connectivity index (χ0n) is 7.35. The van der Waals surface area contributed by atoms with E-state index in [9.17, 15) is 0 Å². The van der Waals surface area contributed by atoms with E-state index in [1.54, 1.807) is 0 Å². The zero-order valence-corrected chi connectivity index (χ0v) is 8.16. The molecule has 0 fully saturated rings. The van der Waals surface area contributed by atoms with E-state index in [1.165, 1.54) is 0 Å². The Morgan fingerprint density at radius 1 is 1.58 bits per heavy atom. The molecular formula is C9H12N2S. The van der Waals surface area contributed by atoms with Gasteiger partial charge >= 0.3 is 0 Å². The van der Waals surface area contributed by atoms with Crippen LogP contribution >= 0.6 is 12.2 Å². The summed E-state index contributed by atoms with van der Waals surface area (Å²) in [5.41, 5.74) is 2.16. The summed E-state index contributed by atoms with van der Waals surface area (Å²) in [4.78, 5) is 7.30. The fourth-order valence-corrected chi connectivity index (χ4v) is 1.51. The summed E-state index contributed by atoms with van der Waals surface area (Å²) in [5.74, 6) is 0.866. The first-order valence-electron chi connectivity index (χ1n) is 3.82. The Bertz CT molecular complexity index is 352. The van der Waals surface area contributed by atoms with Gasteiger partial charge in [0, 0.05) is 11.3 Å². The van der Waals surface area contributed by atoms with Crippen LogP contribution in [0.3, 0.4) is 0 Å². The smallest absolute Gasteiger partial charge is 0.133 e. The minimum absolute atomic E-state index is 0.684. The van der Waals surface area contributed by atoms with E-state index in [-0.39, 0.29) is 0 Å². The average molecular weight is 180 g/mol. The summed E-state index contributed by atoms with van der Waals surface area (Å²) < 4.78 is 0.684. The first-order chi connectivity index (χ1) is 5.65. The second-order valence-corrected chi connectivity index (χ2v) is 3.11. The number of aryl methyl sites for hydroxylation is 2. The number of hydrogen-bond donors (Lipinski definition) is 1. The maximum atomic E-state index is 5.11. The molecule has 0 amide bonds. The zero-order chi connectivity index (χ0) is 9.14. The van der Waals surface area contributed by atoms with Gasteiger partial charge in [-0.1, -0.05) is 18.3 Å². The van der Waals surface area contributed by atoms with Crippen molar-refractivity contribution in [3.63, 3.8) is 0 Å². The molecule has 0 saturated heterocycles. The maximum absolute atomic E-state index is 5.11. The Morgan fingerprint density at radius 3 is 2.75 bits per heavy atom. The van der Waals surface area contributed by atoms with Gasteiger partial charge in [-0.05, 0) is 20.3 Å². The number of nitrogens with one attached hydrogen (secondary N) is 1. The number of H-pyrrole nitrogens is 1. The monoisotopic (exact) mass is 180 g/mol. The number of nitrogens with zero attached hydrogens (tertiary/aromatic N) is 1. The molecule has 0 saturated carbocycles. The SMILES string of the molecule is C=CCc1c(C)[nH]c(C)nc1=S. The van der Waals surface area contributed by atoms with Crippen LogP contribution in [-0.2, 0) is 6.42 Å². The van der Waals surface area contributed by atoms with Crippen molar-refractivity contribution in [2.75, 3.05) is 0 Å². The molecule has 0 unspecified atom stereocenters. The molecule has 0 aliphatic carbocycles. The Morgan fingerprint density at radius 2 is 2.25 bits per heavy atom. The normalized spacial score (nSPS) is 9.83. The van der Waals surface area contributed by atoms with Gasteiger partial charge in [0.05, 0.1) is 0 Å². The van der Waals surface area contributed by atoms with Gasteiger partial charge in [0.2, 0.25) is 0 Å². The first kappa shape index (κ1) is 9.13. The van der Waals surface area contributed by atoms with E-state index in [4.69, 9.17) is 12.2 Å². The number of rotatable bonds is 2. The lowest BCUT2D eigenvalue weighted by molar-refractivity contribution is 0.956. The summed E-state index contributed by atoms with van der Waals surface area (Å²) in [7, 11) is 0. The highest BCUT2D eigenvalue weighted by molar-refractivity contribution is 7.71. The summed E-state index contributed by atoms with van der Waals surface area (Å²) in [6.07, 6.45) is 2.62. The molecule has 2 nitrogen and oxygen atoms in total. The average Bonchev–Trinajstić information content (AvgIpc) is 1.96. The van der Waals surface area contributed by atoms with Crippen molar-refractivity contribution in [3.05, 3.63) is 34.4 Å². The molecule has 0 spiro atoms. The van der Waals surface area contributed by atoms with Crippen molar-refractivity contribution >= 4 is 12.2 Å². The van der Waals surface area contributed by atoms with Gasteiger partial charge in [0.1, 0.15) is 10.5 Å². The molecule has 3 heteroatoms. The van der Waals surface area contributed by atoms with E-state index in [0.717, 1.165) is 23.5 Å². The minimum Gasteiger partial charge on any atom is -0.347 e. The number of aromatic amines is 1. The fraction of sp³-hybridized carbons (Fsp3) is 0.333. The third-order valence-corrected chi connectivity index (χ3v) is 2.03. The van der Waals surface area contributed by atoms with E-state index in [1.807, 2.05) is 19.9 Å². The Hall–Kier alpha value is -0.960. The molecular weight excluding hydrogens is 168 g/mol. The Labute approximate surface area is 77.4 Å². The van der Waals surface area contributed by atoms with Crippen molar-refractivity contribution in [2.45, 2.75) is 20.3 Å². The molecule has 64 valence electrons. The molecule has 0 aliphatic heterocycles. The van der Waals surface area contributed by atoms with Crippen LogP contribution in [-0.4, -0.2) is 9.97 Å². The van der Waals surface area contributed by atoms with Gasteiger partial charge in [-0.15, -0.1) is 6.58 Å². The molecule has 12 heavy (non-hydrogen) atoms. The lowest BCUT2D eigenvalue weighted by Gasteiger charge is -2.03. The number of hydrogen-bond acceptors (Lipinski definition) is 2. The fourth-order valence-electron chi connectivity index (χ4n) is 1.14. The van der Waals surface area contributed by atoms with Crippen LogP contribution in [0, 0.1) is 18.5 Å². The minimum atomic E-state index is 0.684. The third kappa shape index (κ3) is 1.80. The third-order valence-electron chi connectivity index (χ3n) is 1.70. The molecule has 1 N–H and O–H groups in total. The number of allylic oxidation sites excluding steroid dienone is 1. The van der Waals surface area contributed by atoms with E-state index < -0.39 is 0 Å². The molecule has 1 aromatic rings. The topological polar surface area (TPSA) is 28.7 Å². The Balaban J connectivity index is 3.28. The van der Waals surface area contributed by atoms with Crippen molar-refractivity contribution in [1.82, 2.24) is 9.97 Å². The van der Waals surface area contributed by atoms with Crippen LogP contribution in [0.25, 0.3) is 0 Å². The summed E-state index contributed by atoms with van der Waals surface area (Å²) in [5, 5.41) is 0. The molecule has 1 rings (SSSR count). The van der Waals surface area contributed by atoms with Crippen molar-refractivity contribution in [1.29, 1.82) is 0 Å². The van der Waals surface area contributed by atoms with Crippen LogP contribution in [0.1, 0.15) is 17.1 Å². The van der Waals surface area contributed by atoms with Gasteiger partial charge < -0.3 is 4.98 Å². The largest absolute Gasteiger partial charge is 0.347 e. The lowest BCUT2D eigenvalue weighted by atomic mass is 10.2. The van der Waals surface area contributed by atoms with Gasteiger partial charge in [-0.3, -0.25) is 0 Å². The predicted octanol–water partition coefficient (Wildman–Crippen LogP) is 2.48. The van der Waals surface area contributed by atoms with Crippen LogP contribution < -0.4 is 0 Å². The van der Waals surface area contributed by atoms with Gasteiger partial charge in [-0.2, -0.15) is 0 Å². The standard InChI is InChI=1S/C9H12N2S/c1-4-5-8-6(2)10-7(3)11-9(8)12/h4H,1,5H2,2-3H3,(H,10,11,12). The van der Waals surface area contributed by atoms with E-state index in [2.05, 4.69) is 16.5 Å². The van der Waals surface area contributed by atoms with Gasteiger partial charge in [0.15, 0.2) is 0 Å². The highest BCUT2D eigenvalue weighted by atomic mass is 32.1. The van der Waals surface area contributed by atoms with Crippen LogP contribution in [0.4, 0.5) is 0 Å². The summed E-state index contributed by atoms with van der Waals surface area (Å²) in [6.45, 7) is 7.58. The highest BCUT2D eigenvalue weighted by Gasteiger charge is 2.00. The Kier molecular flexibility index (Phi) is 2.76. The molecule has 0 radical (unpaired) electrons. The highest BCUT2D eigenvalue weighted by Crippen LogP contribution is 2.07. The van der Waals surface area contributed by atoms with Crippen molar-refractivity contribution in [2.24, 2.45) is 0 Å². The molecule has 0 atom stereocenters. The van der Waals surface area contributed by atoms with E-state index in [0.29, 0.717) is 4.64 Å². The lowest BCUT2D eigenvalue weighted by Crippen LogP contribution is -1.98. The summed E-state index contributed by atoms with van der Waals surface area (Å²) in [6, 6.07) is 0.